The Morgan fingerprint density at radius 2 is 1.97 bits per heavy atom. The van der Waals surface area contributed by atoms with Crippen LogP contribution in [0.5, 0.6) is 11.6 Å². The SMILES string of the molecule is O=C(CO)N1CCN(Cc2cnc3cc(Oc4ccc(C5CCNN5)cn4)ccc3c2)CC1. The van der Waals surface area contributed by atoms with E-state index in [1.165, 1.54) is 0 Å². The van der Waals surface area contributed by atoms with Crippen LogP contribution in [0.1, 0.15) is 23.6 Å². The third-order valence-corrected chi connectivity index (χ3v) is 6.20. The molecule has 0 radical (unpaired) electrons. The molecular formula is C24H28N6O3. The monoisotopic (exact) mass is 448 g/mol. The second-order valence-electron chi connectivity index (χ2n) is 8.46. The Hall–Kier alpha value is -3.11. The molecule has 9 heteroatoms. The first kappa shape index (κ1) is 21.7. The fourth-order valence-corrected chi connectivity index (χ4v) is 4.32. The van der Waals surface area contributed by atoms with E-state index in [1.807, 2.05) is 42.7 Å². The van der Waals surface area contributed by atoms with E-state index in [-0.39, 0.29) is 11.9 Å². The van der Waals surface area contributed by atoms with Gasteiger partial charge in [0.15, 0.2) is 0 Å². The fraction of sp³-hybridized carbons (Fsp3) is 0.375. The van der Waals surface area contributed by atoms with Crippen LogP contribution in [-0.2, 0) is 11.3 Å². The number of nitrogens with one attached hydrogen (secondary N) is 2. The van der Waals surface area contributed by atoms with Gasteiger partial charge in [-0.2, -0.15) is 0 Å². The molecule has 3 aromatic rings. The number of hydrogen-bond acceptors (Lipinski definition) is 8. The van der Waals surface area contributed by atoms with Gasteiger partial charge in [0.2, 0.25) is 11.8 Å². The number of benzene rings is 1. The van der Waals surface area contributed by atoms with Gasteiger partial charge in [-0.05, 0) is 35.7 Å². The predicted octanol–water partition coefficient (Wildman–Crippen LogP) is 1.60. The zero-order chi connectivity index (χ0) is 22.6. The van der Waals surface area contributed by atoms with E-state index in [4.69, 9.17) is 9.84 Å². The minimum atomic E-state index is -0.419. The van der Waals surface area contributed by atoms with Crippen molar-refractivity contribution in [1.82, 2.24) is 30.6 Å². The molecule has 9 nitrogen and oxygen atoms in total. The summed E-state index contributed by atoms with van der Waals surface area (Å²) in [4.78, 5) is 24.7. The number of hydrazine groups is 1. The molecule has 172 valence electrons. The van der Waals surface area contributed by atoms with Crippen LogP contribution in [0, 0.1) is 0 Å². The number of carbonyl (C=O) groups is 1. The number of aromatic nitrogens is 2. The summed E-state index contributed by atoms with van der Waals surface area (Å²) in [5, 5.41) is 10.1. The first-order valence-electron chi connectivity index (χ1n) is 11.3. The fourth-order valence-electron chi connectivity index (χ4n) is 4.32. The molecular weight excluding hydrogens is 420 g/mol. The third-order valence-electron chi connectivity index (χ3n) is 6.20. The number of nitrogens with zero attached hydrogens (tertiary/aromatic N) is 4. The Labute approximate surface area is 192 Å². The molecule has 3 N–H and O–H groups in total. The van der Waals surface area contributed by atoms with E-state index in [0.29, 0.717) is 24.7 Å². The molecule has 1 aromatic carbocycles. The molecule has 2 fully saturated rings. The number of rotatable bonds is 6. The topological polar surface area (TPSA) is 103 Å². The molecule has 1 atom stereocenters. The van der Waals surface area contributed by atoms with Crippen molar-refractivity contribution in [2.45, 2.75) is 19.0 Å². The average Bonchev–Trinajstić information content (AvgIpc) is 3.40. The van der Waals surface area contributed by atoms with Crippen molar-refractivity contribution in [2.75, 3.05) is 39.3 Å². The lowest BCUT2D eigenvalue weighted by Crippen LogP contribution is -2.49. The zero-order valence-corrected chi connectivity index (χ0v) is 18.4. The largest absolute Gasteiger partial charge is 0.439 e. The highest BCUT2D eigenvalue weighted by atomic mass is 16.5. The van der Waals surface area contributed by atoms with Crippen molar-refractivity contribution in [3.05, 3.63) is 59.9 Å². The highest BCUT2D eigenvalue weighted by Gasteiger charge is 2.20. The van der Waals surface area contributed by atoms with Gasteiger partial charge >= 0.3 is 0 Å². The van der Waals surface area contributed by atoms with Crippen molar-refractivity contribution in [3.8, 4) is 11.6 Å². The minimum absolute atomic E-state index is 0.200. The van der Waals surface area contributed by atoms with Crippen LogP contribution >= 0.6 is 0 Å². The quantitative estimate of drug-likeness (QED) is 0.523. The van der Waals surface area contributed by atoms with Crippen molar-refractivity contribution in [2.24, 2.45) is 0 Å². The number of amides is 1. The summed E-state index contributed by atoms with van der Waals surface area (Å²) in [5.74, 6) is 1.06. The molecule has 5 rings (SSSR count). The Morgan fingerprint density at radius 3 is 2.70 bits per heavy atom. The van der Waals surface area contributed by atoms with Crippen molar-refractivity contribution < 1.29 is 14.6 Å². The number of aliphatic hydroxyl groups excluding tert-OH is 1. The number of aliphatic hydroxyl groups is 1. The summed E-state index contributed by atoms with van der Waals surface area (Å²) < 4.78 is 5.95. The van der Waals surface area contributed by atoms with Crippen molar-refractivity contribution >= 4 is 16.8 Å². The smallest absolute Gasteiger partial charge is 0.248 e. The van der Waals surface area contributed by atoms with Gasteiger partial charge in [-0.3, -0.25) is 25.5 Å². The molecule has 0 aliphatic carbocycles. The van der Waals surface area contributed by atoms with Gasteiger partial charge in [0.05, 0.1) is 5.52 Å². The van der Waals surface area contributed by atoms with Gasteiger partial charge in [0.25, 0.3) is 0 Å². The van der Waals surface area contributed by atoms with Gasteiger partial charge in [0, 0.05) is 75.2 Å². The van der Waals surface area contributed by atoms with Crippen LogP contribution in [0.15, 0.2) is 48.8 Å². The van der Waals surface area contributed by atoms with Crippen LogP contribution in [0.25, 0.3) is 10.9 Å². The maximum absolute atomic E-state index is 11.6. The van der Waals surface area contributed by atoms with Gasteiger partial charge < -0.3 is 14.7 Å². The molecule has 0 saturated carbocycles. The molecule has 2 saturated heterocycles. The number of pyridine rings is 2. The second kappa shape index (κ2) is 9.80. The number of hydrogen-bond donors (Lipinski definition) is 3. The molecule has 0 bridgehead atoms. The molecule has 1 unspecified atom stereocenters. The first-order valence-corrected chi connectivity index (χ1v) is 11.3. The summed E-state index contributed by atoms with van der Waals surface area (Å²) in [7, 11) is 0. The number of fused-ring (bicyclic) bond motifs is 1. The van der Waals surface area contributed by atoms with Gasteiger partial charge in [0.1, 0.15) is 12.4 Å². The zero-order valence-electron chi connectivity index (χ0n) is 18.4. The Morgan fingerprint density at radius 1 is 1.09 bits per heavy atom. The summed E-state index contributed by atoms with van der Waals surface area (Å²) in [6.07, 6.45) is 4.79. The second-order valence-corrected chi connectivity index (χ2v) is 8.46. The lowest BCUT2D eigenvalue weighted by atomic mass is 10.1. The highest BCUT2D eigenvalue weighted by molar-refractivity contribution is 5.80. The van der Waals surface area contributed by atoms with Crippen molar-refractivity contribution in [1.29, 1.82) is 0 Å². The Kier molecular flexibility index (Phi) is 6.45. The van der Waals surface area contributed by atoms with E-state index < -0.39 is 6.61 Å². The number of ether oxygens (including phenoxy) is 1. The molecule has 4 heterocycles. The van der Waals surface area contributed by atoms with Crippen LogP contribution in [0.4, 0.5) is 0 Å². The summed E-state index contributed by atoms with van der Waals surface area (Å²) in [6, 6.07) is 12.2. The molecule has 1 amide bonds. The van der Waals surface area contributed by atoms with E-state index in [9.17, 15) is 4.79 Å². The van der Waals surface area contributed by atoms with Crippen LogP contribution in [0.2, 0.25) is 0 Å². The van der Waals surface area contributed by atoms with Gasteiger partial charge in [-0.25, -0.2) is 4.98 Å². The van der Waals surface area contributed by atoms with Gasteiger partial charge in [-0.1, -0.05) is 6.07 Å². The lowest BCUT2D eigenvalue weighted by molar-refractivity contribution is -0.135. The van der Waals surface area contributed by atoms with E-state index in [2.05, 4.69) is 31.8 Å². The standard InChI is InChI=1S/C24H28N6O3/c31-16-24(32)30-9-7-29(8-10-30)15-17-11-18-1-3-20(12-22(18)25-13-17)33-23-4-2-19(14-26-23)21-5-6-27-28-21/h1-4,11-14,21,27-28,31H,5-10,15-16H2. The Bertz CT molecular complexity index is 1110. The summed E-state index contributed by atoms with van der Waals surface area (Å²) >= 11 is 0. The maximum Gasteiger partial charge on any atom is 0.248 e. The van der Waals surface area contributed by atoms with E-state index in [0.717, 1.165) is 54.6 Å². The maximum atomic E-state index is 11.6. The van der Waals surface area contributed by atoms with Crippen LogP contribution in [0.3, 0.4) is 0 Å². The average molecular weight is 449 g/mol. The molecule has 2 aliphatic rings. The van der Waals surface area contributed by atoms with Crippen LogP contribution in [-0.4, -0.2) is 70.1 Å². The lowest BCUT2D eigenvalue weighted by Gasteiger charge is -2.34. The molecule has 2 aromatic heterocycles. The number of carbonyl (C=O) groups excluding carboxylic acids is 1. The third kappa shape index (κ3) is 5.12. The van der Waals surface area contributed by atoms with Crippen LogP contribution < -0.4 is 15.6 Å². The number of piperazine rings is 1. The predicted molar refractivity (Wildman–Crippen MR) is 123 cm³/mol. The van der Waals surface area contributed by atoms with Crippen molar-refractivity contribution in [3.63, 3.8) is 0 Å². The molecule has 2 aliphatic heterocycles. The van der Waals surface area contributed by atoms with E-state index in [1.54, 1.807) is 4.90 Å². The highest BCUT2D eigenvalue weighted by Crippen LogP contribution is 2.26. The summed E-state index contributed by atoms with van der Waals surface area (Å²) in [5.41, 5.74) is 9.51. The normalized spacial score (nSPS) is 19.2. The van der Waals surface area contributed by atoms with Gasteiger partial charge in [-0.15, -0.1) is 0 Å². The molecule has 33 heavy (non-hydrogen) atoms. The molecule has 0 spiro atoms. The minimum Gasteiger partial charge on any atom is -0.439 e. The Balaban J connectivity index is 1.21. The van der Waals surface area contributed by atoms with E-state index >= 15 is 0 Å². The first-order chi connectivity index (χ1) is 16.2. The summed E-state index contributed by atoms with van der Waals surface area (Å²) in [6.45, 7) is 4.18.